The Kier molecular flexibility index (Phi) is 4.19. The predicted molar refractivity (Wildman–Crippen MR) is 80.8 cm³/mol. The highest BCUT2D eigenvalue weighted by Gasteiger charge is 2.31. The van der Waals surface area contributed by atoms with E-state index in [1.807, 2.05) is 24.3 Å². The molecule has 19 heavy (non-hydrogen) atoms. The Morgan fingerprint density at radius 2 is 1.84 bits per heavy atom. The molecule has 0 spiro atoms. The van der Waals surface area contributed by atoms with Gasteiger partial charge < -0.3 is 9.84 Å². The van der Waals surface area contributed by atoms with E-state index in [1.54, 1.807) is 32.2 Å². The van der Waals surface area contributed by atoms with Crippen molar-refractivity contribution in [1.82, 2.24) is 0 Å². The number of rotatable bonds is 3. The fourth-order valence-corrected chi connectivity index (χ4v) is 2.90. The van der Waals surface area contributed by atoms with E-state index in [1.165, 1.54) is 0 Å². The number of methoxy groups -OCH3 is 1. The smallest absolute Gasteiger partial charge is 0.125 e. The van der Waals surface area contributed by atoms with Gasteiger partial charge in [0.05, 0.1) is 7.11 Å². The molecule has 1 N–H and O–H groups in total. The van der Waals surface area contributed by atoms with Gasteiger partial charge in [0.2, 0.25) is 0 Å². The lowest BCUT2D eigenvalue weighted by Crippen LogP contribution is -2.24. The van der Waals surface area contributed by atoms with E-state index in [-0.39, 0.29) is 0 Å². The van der Waals surface area contributed by atoms with E-state index in [0.717, 1.165) is 10.0 Å². The second-order valence-corrected chi connectivity index (χ2v) is 5.69. The quantitative estimate of drug-likeness (QED) is 0.898. The molecule has 2 nitrogen and oxygen atoms in total. The second-order valence-electron chi connectivity index (χ2n) is 4.40. The van der Waals surface area contributed by atoms with Crippen molar-refractivity contribution in [1.29, 1.82) is 0 Å². The van der Waals surface area contributed by atoms with Gasteiger partial charge in [-0.25, -0.2) is 0 Å². The summed E-state index contributed by atoms with van der Waals surface area (Å²) < 4.78 is 6.15. The molecule has 0 aliphatic rings. The van der Waals surface area contributed by atoms with Gasteiger partial charge in [0, 0.05) is 20.6 Å². The van der Waals surface area contributed by atoms with Crippen LogP contribution >= 0.6 is 27.5 Å². The first-order valence-corrected chi connectivity index (χ1v) is 6.95. The number of aliphatic hydroxyl groups is 1. The molecule has 4 heteroatoms. The van der Waals surface area contributed by atoms with Gasteiger partial charge in [-0.15, -0.1) is 0 Å². The number of benzene rings is 2. The third-order valence-electron chi connectivity index (χ3n) is 3.08. The van der Waals surface area contributed by atoms with E-state index in [0.29, 0.717) is 16.3 Å². The second kappa shape index (κ2) is 5.53. The van der Waals surface area contributed by atoms with Crippen LogP contribution < -0.4 is 4.74 Å². The van der Waals surface area contributed by atoms with Crippen LogP contribution in [-0.2, 0) is 5.60 Å². The zero-order valence-corrected chi connectivity index (χ0v) is 13.0. The van der Waals surface area contributed by atoms with Gasteiger partial charge in [-0.3, -0.25) is 0 Å². The topological polar surface area (TPSA) is 29.5 Å². The van der Waals surface area contributed by atoms with Crippen LogP contribution in [0.4, 0.5) is 0 Å². The first-order chi connectivity index (χ1) is 8.96. The van der Waals surface area contributed by atoms with Gasteiger partial charge in [-0.1, -0.05) is 45.7 Å². The maximum Gasteiger partial charge on any atom is 0.125 e. The Labute approximate surface area is 126 Å². The largest absolute Gasteiger partial charge is 0.496 e. The van der Waals surface area contributed by atoms with Crippen LogP contribution in [0, 0.1) is 0 Å². The Bertz CT molecular complexity index is 596. The zero-order valence-electron chi connectivity index (χ0n) is 10.7. The van der Waals surface area contributed by atoms with E-state index in [2.05, 4.69) is 15.9 Å². The number of hydrogen-bond donors (Lipinski definition) is 1. The summed E-state index contributed by atoms with van der Waals surface area (Å²) in [4.78, 5) is 0. The molecule has 0 fully saturated rings. The maximum absolute atomic E-state index is 10.9. The van der Waals surface area contributed by atoms with Gasteiger partial charge in [0.15, 0.2) is 0 Å². The van der Waals surface area contributed by atoms with E-state index in [9.17, 15) is 5.11 Å². The number of halogens is 2. The average molecular weight is 342 g/mol. The summed E-state index contributed by atoms with van der Waals surface area (Å²) >= 11 is 9.49. The van der Waals surface area contributed by atoms with Crippen molar-refractivity contribution >= 4 is 27.5 Å². The third kappa shape index (κ3) is 2.78. The summed E-state index contributed by atoms with van der Waals surface area (Å²) in [6.07, 6.45) is 0. The first-order valence-electron chi connectivity index (χ1n) is 5.78. The van der Waals surface area contributed by atoms with Crippen molar-refractivity contribution in [3.05, 3.63) is 63.1 Å². The molecule has 0 bridgehead atoms. The van der Waals surface area contributed by atoms with Gasteiger partial charge in [0.1, 0.15) is 11.4 Å². The third-order valence-corrected chi connectivity index (χ3v) is 4.01. The van der Waals surface area contributed by atoms with Crippen LogP contribution in [0.5, 0.6) is 5.75 Å². The van der Waals surface area contributed by atoms with Crippen LogP contribution in [-0.4, -0.2) is 12.2 Å². The minimum Gasteiger partial charge on any atom is -0.496 e. The Morgan fingerprint density at radius 3 is 2.47 bits per heavy atom. The summed E-state index contributed by atoms with van der Waals surface area (Å²) in [7, 11) is 1.57. The lowest BCUT2D eigenvalue weighted by atomic mass is 9.87. The Balaban J connectivity index is 2.62. The minimum atomic E-state index is -1.20. The SMILES string of the molecule is COc1ccc(Cl)cc1C(C)(O)c1ccccc1Br. The van der Waals surface area contributed by atoms with Gasteiger partial charge in [-0.05, 0) is 31.2 Å². The Hall–Kier alpha value is -1.03. The van der Waals surface area contributed by atoms with Gasteiger partial charge >= 0.3 is 0 Å². The molecule has 1 unspecified atom stereocenters. The molecule has 0 aliphatic carbocycles. The zero-order chi connectivity index (χ0) is 14.0. The normalized spacial score (nSPS) is 13.9. The van der Waals surface area contributed by atoms with Crippen molar-refractivity contribution < 1.29 is 9.84 Å². The first kappa shape index (κ1) is 14.4. The molecule has 0 saturated heterocycles. The highest BCUT2D eigenvalue weighted by molar-refractivity contribution is 9.10. The van der Waals surface area contributed by atoms with Crippen molar-refractivity contribution in [3.63, 3.8) is 0 Å². The highest BCUT2D eigenvalue weighted by Crippen LogP contribution is 2.39. The van der Waals surface area contributed by atoms with Crippen LogP contribution in [0.25, 0.3) is 0 Å². The van der Waals surface area contributed by atoms with Crippen LogP contribution in [0.1, 0.15) is 18.1 Å². The van der Waals surface area contributed by atoms with Crippen LogP contribution in [0.3, 0.4) is 0 Å². The fourth-order valence-electron chi connectivity index (χ4n) is 2.06. The van der Waals surface area contributed by atoms with E-state index < -0.39 is 5.60 Å². The lowest BCUT2D eigenvalue weighted by Gasteiger charge is -2.27. The van der Waals surface area contributed by atoms with E-state index in [4.69, 9.17) is 16.3 Å². The summed E-state index contributed by atoms with van der Waals surface area (Å²) in [5.41, 5.74) is 0.195. The summed E-state index contributed by atoms with van der Waals surface area (Å²) in [6.45, 7) is 1.72. The van der Waals surface area contributed by atoms with Crippen molar-refractivity contribution in [3.8, 4) is 5.75 Å². The van der Waals surface area contributed by atoms with Crippen molar-refractivity contribution in [2.24, 2.45) is 0 Å². The Morgan fingerprint density at radius 1 is 1.16 bits per heavy atom. The molecule has 2 rings (SSSR count). The molecule has 0 heterocycles. The minimum absolute atomic E-state index is 0.558. The summed E-state index contributed by atoms with van der Waals surface area (Å²) in [6, 6.07) is 12.7. The molecule has 2 aromatic carbocycles. The monoisotopic (exact) mass is 340 g/mol. The van der Waals surface area contributed by atoms with Crippen molar-refractivity contribution in [2.75, 3.05) is 7.11 Å². The molecule has 2 aromatic rings. The maximum atomic E-state index is 10.9. The van der Waals surface area contributed by atoms with Gasteiger partial charge in [-0.2, -0.15) is 0 Å². The summed E-state index contributed by atoms with van der Waals surface area (Å²) in [5, 5.41) is 11.5. The fraction of sp³-hybridized carbons (Fsp3) is 0.200. The molecule has 100 valence electrons. The molecule has 1 atom stereocenters. The number of hydrogen-bond acceptors (Lipinski definition) is 2. The predicted octanol–water partition coefficient (Wildman–Crippen LogP) is 4.37. The average Bonchev–Trinajstić information content (AvgIpc) is 2.39. The van der Waals surface area contributed by atoms with E-state index >= 15 is 0 Å². The molecular weight excluding hydrogens is 328 g/mol. The summed E-state index contributed by atoms with van der Waals surface area (Å²) in [5.74, 6) is 0.602. The lowest BCUT2D eigenvalue weighted by molar-refractivity contribution is 0.0982. The molecule has 0 saturated carbocycles. The van der Waals surface area contributed by atoms with Crippen molar-refractivity contribution in [2.45, 2.75) is 12.5 Å². The standard InChI is InChI=1S/C15H14BrClO2/c1-15(18,11-5-3-4-6-13(11)16)12-9-10(17)7-8-14(12)19-2/h3-9,18H,1-2H3. The van der Waals surface area contributed by atoms with Crippen LogP contribution in [0.15, 0.2) is 46.9 Å². The number of ether oxygens (including phenoxy) is 1. The van der Waals surface area contributed by atoms with Crippen LogP contribution in [0.2, 0.25) is 5.02 Å². The molecule has 0 amide bonds. The molecule has 0 aliphatic heterocycles. The molecular formula is C15H14BrClO2. The highest BCUT2D eigenvalue weighted by atomic mass is 79.9. The van der Waals surface area contributed by atoms with Gasteiger partial charge in [0.25, 0.3) is 0 Å². The molecule has 0 radical (unpaired) electrons. The molecule has 0 aromatic heterocycles.